The van der Waals surface area contributed by atoms with E-state index >= 15 is 0 Å². The van der Waals surface area contributed by atoms with Gasteiger partial charge in [0.25, 0.3) is 0 Å². The summed E-state index contributed by atoms with van der Waals surface area (Å²) in [5, 5.41) is 0. The molecule has 3 rings (SSSR count). The van der Waals surface area contributed by atoms with Gasteiger partial charge in [-0.1, -0.05) is 6.07 Å². The Hall–Kier alpha value is -1.68. The van der Waals surface area contributed by atoms with E-state index in [-0.39, 0.29) is 5.41 Å². The summed E-state index contributed by atoms with van der Waals surface area (Å²) in [5.41, 5.74) is 14.6. The Kier molecular flexibility index (Phi) is 1.88. The number of nitrogens with zero attached hydrogens (tertiary/aromatic N) is 2. The van der Waals surface area contributed by atoms with Gasteiger partial charge in [0.05, 0.1) is 17.2 Å². The first kappa shape index (κ1) is 9.54. The zero-order valence-corrected chi connectivity index (χ0v) is 8.98. The molecule has 1 heterocycles. The van der Waals surface area contributed by atoms with Gasteiger partial charge in [0.2, 0.25) is 0 Å². The summed E-state index contributed by atoms with van der Waals surface area (Å²) in [6, 6.07) is 6.15. The lowest BCUT2D eigenvalue weighted by Gasteiger charge is -2.12. The fourth-order valence-electron chi connectivity index (χ4n) is 2.12. The van der Waals surface area contributed by atoms with Gasteiger partial charge in [0.1, 0.15) is 5.82 Å². The van der Waals surface area contributed by atoms with Gasteiger partial charge in [0, 0.05) is 12.0 Å². The van der Waals surface area contributed by atoms with E-state index in [0.29, 0.717) is 12.4 Å². The van der Waals surface area contributed by atoms with E-state index in [2.05, 4.69) is 22.1 Å². The van der Waals surface area contributed by atoms with Gasteiger partial charge in [-0.25, -0.2) is 4.98 Å². The first-order valence-electron chi connectivity index (χ1n) is 5.46. The van der Waals surface area contributed by atoms with Gasteiger partial charge in [-0.15, -0.1) is 0 Å². The summed E-state index contributed by atoms with van der Waals surface area (Å²) in [5.74, 6) is 0.459. The second kappa shape index (κ2) is 3.15. The van der Waals surface area contributed by atoms with Gasteiger partial charge in [-0.3, -0.25) is 4.98 Å². The van der Waals surface area contributed by atoms with Gasteiger partial charge < -0.3 is 11.5 Å². The molecule has 1 saturated carbocycles. The minimum Gasteiger partial charge on any atom is -0.382 e. The molecular formula is C12H14N4. The van der Waals surface area contributed by atoms with E-state index in [1.165, 1.54) is 18.4 Å². The van der Waals surface area contributed by atoms with E-state index < -0.39 is 0 Å². The minimum atomic E-state index is 0.206. The average Bonchev–Trinajstić information content (AvgIpc) is 3.09. The number of benzene rings is 1. The first-order valence-corrected chi connectivity index (χ1v) is 5.46. The van der Waals surface area contributed by atoms with Crippen molar-refractivity contribution in [1.82, 2.24) is 9.97 Å². The summed E-state index contributed by atoms with van der Waals surface area (Å²) in [6.45, 7) is 0.709. The van der Waals surface area contributed by atoms with Crippen LogP contribution in [0.5, 0.6) is 0 Å². The third-order valence-electron chi connectivity index (χ3n) is 3.42. The quantitative estimate of drug-likeness (QED) is 0.787. The highest BCUT2D eigenvalue weighted by Crippen LogP contribution is 2.47. The number of anilines is 1. The molecule has 1 aliphatic carbocycles. The highest BCUT2D eigenvalue weighted by atomic mass is 14.9. The molecule has 0 aliphatic heterocycles. The predicted octanol–water partition coefficient (Wildman–Crippen LogP) is 1.20. The van der Waals surface area contributed by atoms with Crippen molar-refractivity contribution in [2.45, 2.75) is 18.3 Å². The van der Waals surface area contributed by atoms with Crippen LogP contribution >= 0.6 is 0 Å². The molecule has 82 valence electrons. The molecule has 16 heavy (non-hydrogen) atoms. The lowest BCUT2D eigenvalue weighted by molar-refractivity contribution is 0.705. The number of hydrogen-bond donors (Lipinski definition) is 2. The third-order valence-corrected chi connectivity index (χ3v) is 3.42. The topological polar surface area (TPSA) is 77.8 Å². The van der Waals surface area contributed by atoms with Crippen LogP contribution in [-0.4, -0.2) is 16.5 Å². The van der Waals surface area contributed by atoms with Gasteiger partial charge in [0.15, 0.2) is 0 Å². The molecule has 1 aromatic heterocycles. The summed E-state index contributed by atoms with van der Waals surface area (Å²) in [4.78, 5) is 8.52. The Balaban J connectivity index is 2.13. The van der Waals surface area contributed by atoms with Crippen LogP contribution < -0.4 is 11.5 Å². The van der Waals surface area contributed by atoms with Crippen LogP contribution in [0.1, 0.15) is 18.4 Å². The van der Waals surface area contributed by atoms with E-state index in [4.69, 9.17) is 11.5 Å². The van der Waals surface area contributed by atoms with Crippen molar-refractivity contribution in [1.29, 1.82) is 0 Å². The molecule has 4 nitrogen and oxygen atoms in total. The Morgan fingerprint density at radius 2 is 2.06 bits per heavy atom. The zero-order valence-electron chi connectivity index (χ0n) is 8.98. The molecule has 1 fully saturated rings. The van der Waals surface area contributed by atoms with Crippen molar-refractivity contribution in [3.8, 4) is 0 Å². The van der Waals surface area contributed by atoms with Gasteiger partial charge >= 0.3 is 0 Å². The summed E-state index contributed by atoms with van der Waals surface area (Å²) in [7, 11) is 0. The van der Waals surface area contributed by atoms with Crippen LogP contribution in [-0.2, 0) is 5.41 Å². The zero-order chi connectivity index (χ0) is 11.2. The number of fused-ring (bicyclic) bond motifs is 1. The van der Waals surface area contributed by atoms with E-state index in [9.17, 15) is 0 Å². The largest absolute Gasteiger partial charge is 0.382 e. The van der Waals surface area contributed by atoms with Crippen molar-refractivity contribution < 1.29 is 0 Å². The molecule has 0 unspecified atom stereocenters. The van der Waals surface area contributed by atoms with Crippen LogP contribution in [0, 0.1) is 0 Å². The van der Waals surface area contributed by atoms with Crippen LogP contribution in [0.3, 0.4) is 0 Å². The third kappa shape index (κ3) is 1.34. The van der Waals surface area contributed by atoms with Crippen LogP contribution in [0.25, 0.3) is 11.0 Å². The van der Waals surface area contributed by atoms with Crippen LogP contribution in [0.2, 0.25) is 0 Å². The predicted molar refractivity (Wildman–Crippen MR) is 63.9 cm³/mol. The van der Waals surface area contributed by atoms with Crippen molar-refractivity contribution in [2.24, 2.45) is 5.73 Å². The van der Waals surface area contributed by atoms with Gasteiger partial charge in [-0.05, 0) is 30.5 Å². The first-order chi connectivity index (χ1) is 7.73. The highest BCUT2D eigenvalue weighted by Gasteiger charge is 2.42. The maximum Gasteiger partial charge on any atom is 0.142 e. The van der Waals surface area contributed by atoms with E-state index in [1.807, 2.05) is 6.07 Å². The second-order valence-electron chi connectivity index (χ2n) is 4.48. The maximum atomic E-state index is 5.81. The molecule has 1 aromatic carbocycles. The van der Waals surface area contributed by atoms with Crippen molar-refractivity contribution >= 4 is 16.9 Å². The number of nitrogen functional groups attached to an aromatic ring is 1. The van der Waals surface area contributed by atoms with E-state index in [0.717, 1.165) is 11.0 Å². The molecule has 4 N–H and O–H groups in total. The number of rotatable bonds is 2. The molecule has 2 aromatic rings. The molecular weight excluding hydrogens is 200 g/mol. The normalized spacial score (nSPS) is 17.6. The van der Waals surface area contributed by atoms with Gasteiger partial charge in [-0.2, -0.15) is 0 Å². The van der Waals surface area contributed by atoms with Crippen molar-refractivity contribution in [2.75, 3.05) is 12.3 Å². The Labute approximate surface area is 93.7 Å². The molecule has 0 spiro atoms. The van der Waals surface area contributed by atoms with Crippen LogP contribution in [0.4, 0.5) is 5.82 Å². The van der Waals surface area contributed by atoms with E-state index in [1.54, 1.807) is 6.20 Å². The number of hydrogen-bond acceptors (Lipinski definition) is 4. The van der Waals surface area contributed by atoms with Crippen molar-refractivity contribution in [3.05, 3.63) is 30.0 Å². The second-order valence-corrected chi connectivity index (χ2v) is 4.48. The Bertz CT molecular complexity index is 546. The standard InChI is InChI=1S/C12H14N4/c13-7-12(3-4-12)8-1-2-9-10(5-8)15-6-11(14)16-9/h1-2,5-6H,3-4,7,13H2,(H2,14,16). The van der Waals surface area contributed by atoms with Crippen LogP contribution in [0.15, 0.2) is 24.4 Å². The van der Waals surface area contributed by atoms with Crippen molar-refractivity contribution in [3.63, 3.8) is 0 Å². The summed E-state index contributed by atoms with van der Waals surface area (Å²) >= 11 is 0. The summed E-state index contributed by atoms with van der Waals surface area (Å²) in [6.07, 6.45) is 3.95. The molecule has 4 heteroatoms. The average molecular weight is 214 g/mol. The molecule has 0 amide bonds. The molecule has 0 radical (unpaired) electrons. The molecule has 0 bridgehead atoms. The SMILES string of the molecule is NCC1(c2ccc3nc(N)cnc3c2)CC1. The number of nitrogens with two attached hydrogens (primary N) is 2. The number of aromatic nitrogens is 2. The lowest BCUT2D eigenvalue weighted by atomic mass is 9.96. The molecule has 0 atom stereocenters. The lowest BCUT2D eigenvalue weighted by Crippen LogP contribution is -2.19. The summed E-state index contributed by atoms with van der Waals surface area (Å²) < 4.78 is 0. The highest BCUT2D eigenvalue weighted by molar-refractivity contribution is 5.76. The monoisotopic (exact) mass is 214 g/mol. The Morgan fingerprint density at radius 3 is 2.75 bits per heavy atom. The molecule has 0 saturated heterocycles. The molecule has 1 aliphatic rings. The Morgan fingerprint density at radius 1 is 1.25 bits per heavy atom. The fourth-order valence-corrected chi connectivity index (χ4v) is 2.12. The fraction of sp³-hybridized carbons (Fsp3) is 0.333. The minimum absolute atomic E-state index is 0.206. The maximum absolute atomic E-state index is 5.81. The smallest absolute Gasteiger partial charge is 0.142 e.